The van der Waals surface area contributed by atoms with Crippen molar-refractivity contribution in [3.63, 3.8) is 0 Å². The number of hydrogen-bond acceptors (Lipinski definition) is 1. The molecule has 88 valence electrons. The van der Waals surface area contributed by atoms with Gasteiger partial charge in [0.1, 0.15) is 5.75 Å². The Labute approximate surface area is 107 Å². The second kappa shape index (κ2) is 5.29. The Balaban J connectivity index is 2.26. The van der Waals surface area contributed by atoms with E-state index < -0.39 is 0 Å². The lowest BCUT2D eigenvalue weighted by Crippen LogP contribution is -2.14. The van der Waals surface area contributed by atoms with Crippen LogP contribution in [0.25, 0.3) is 0 Å². The quantitative estimate of drug-likeness (QED) is 0.704. The summed E-state index contributed by atoms with van der Waals surface area (Å²) < 4.78 is 5.39. The Morgan fingerprint density at radius 2 is 2.12 bits per heavy atom. The van der Waals surface area contributed by atoms with Crippen LogP contribution in [0.2, 0.25) is 5.02 Å². The van der Waals surface area contributed by atoms with Crippen molar-refractivity contribution in [2.75, 3.05) is 7.11 Å². The number of methoxy groups -OCH3 is 1. The van der Waals surface area contributed by atoms with E-state index in [2.05, 4.69) is 0 Å². The Kier molecular flexibility index (Phi) is 3.99. The van der Waals surface area contributed by atoms with Gasteiger partial charge in [0.15, 0.2) is 0 Å². The number of halogens is 2. The lowest BCUT2D eigenvalue weighted by Gasteiger charge is -2.27. The minimum Gasteiger partial charge on any atom is -0.496 e. The molecule has 1 aliphatic carbocycles. The molecule has 1 saturated carbocycles. The highest BCUT2D eigenvalue weighted by Gasteiger charge is 2.24. The van der Waals surface area contributed by atoms with Gasteiger partial charge in [0.2, 0.25) is 0 Å². The van der Waals surface area contributed by atoms with Crippen molar-refractivity contribution < 1.29 is 4.74 Å². The fourth-order valence-electron chi connectivity index (χ4n) is 2.44. The zero-order valence-electron chi connectivity index (χ0n) is 9.38. The molecule has 2 rings (SSSR count). The van der Waals surface area contributed by atoms with Gasteiger partial charge in [-0.25, -0.2) is 0 Å². The van der Waals surface area contributed by atoms with Crippen LogP contribution in [0.5, 0.6) is 5.75 Å². The molecule has 2 atom stereocenters. The van der Waals surface area contributed by atoms with Crippen LogP contribution in [0, 0.1) is 0 Å². The second-order valence-electron chi connectivity index (χ2n) is 4.35. The lowest BCUT2D eigenvalue weighted by atomic mass is 9.83. The van der Waals surface area contributed by atoms with E-state index >= 15 is 0 Å². The molecule has 0 aliphatic heterocycles. The Bertz CT molecular complexity index is 365. The molecule has 1 aromatic rings. The van der Waals surface area contributed by atoms with Gasteiger partial charge in [0, 0.05) is 10.4 Å². The van der Waals surface area contributed by atoms with Crippen molar-refractivity contribution in [2.45, 2.75) is 37.0 Å². The van der Waals surface area contributed by atoms with Gasteiger partial charge >= 0.3 is 0 Å². The van der Waals surface area contributed by atoms with Gasteiger partial charge in [-0.3, -0.25) is 0 Å². The van der Waals surface area contributed by atoms with Gasteiger partial charge in [-0.2, -0.15) is 0 Å². The largest absolute Gasteiger partial charge is 0.496 e. The predicted molar refractivity (Wildman–Crippen MR) is 68.9 cm³/mol. The maximum atomic E-state index is 6.22. The first-order chi connectivity index (χ1) is 7.70. The topological polar surface area (TPSA) is 9.23 Å². The molecule has 0 radical (unpaired) electrons. The SMILES string of the molecule is COc1ccc(Cl)cc1C1CCCC(Cl)C1. The van der Waals surface area contributed by atoms with Gasteiger partial charge < -0.3 is 4.74 Å². The molecule has 1 aromatic carbocycles. The molecule has 0 heterocycles. The highest BCUT2D eigenvalue weighted by atomic mass is 35.5. The summed E-state index contributed by atoms with van der Waals surface area (Å²) in [7, 11) is 1.70. The normalized spacial score (nSPS) is 25.4. The molecule has 2 unspecified atom stereocenters. The minimum absolute atomic E-state index is 0.294. The number of alkyl halides is 1. The summed E-state index contributed by atoms with van der Waals surface area (Å²) in [5.41, 5.74) is 1.21. The van der Waals surface area contributed by atoms with Crippen LogP contribution in [-0.2, 0) is 0 Å². The van der Waals surface area contributed by atoms with E-state index in [4.69, 9.17) is 27.9 Å². The monoisotopic (exact) mass is 258 g/mol. The van der Waals surface area contributed by atoms with Gasteiger partial charge in [0.25, 0.3) is 0 Å². The van der Waals surface area contributed by atoms with Gasteiger partial charge in [0.05, 0.1) is 7.11 Å². The molecule has 0 spiro atoms. The van der Waals surface area contributed by atoms with Crippen molar-refractivity contribution in [1.29, 1.82) is 0 Å². The standard InChI is InChI=1S/C13H16Cl2O/c1-16-13-6-5-11(15)8-12(13)9-3-2-4-10(14)7-9/h5-6,8-10H,2-4,7H2,1H3. The van der Waals surface area contributed by atoms with Gasteiger partial charge in [-0.05, 0) is 48.9 Å². The summed E-state index contributed by atoms with van der Waals surface area (Å²) in [4.78, 5) is 0. The zero-order valence-corrected chi connectivity index (χ0v) is 10.9. The van der Waals surface area contributed by atoms with Crippen LogP contribution in [0.1, 0.15) is 37.2 Å². The van der Waals surface area contributed by atoms with Crippen molar-refractivity contribution in [3.8, 4) is 5.75 Å². The predicted octanol–water partition coefficient (Wildman–Crippen LogP) is 4.61. The van der Waals surface area contributed by atoms with Crippen molar-refractivity contribution in [2.24, 2.45) is 0 Å². The fourth-order valence-corrected chi connectivity index (χ4v) is 2.99. The third-order valence-electron chi connectivity index (χ3n) is 3.24. The summed E-state index contributed by atoms with van der Waals surface area (Å²) in [6.07, 6.45) is 4.52. The lowest BCUT2D eigenvalue weighted by molar-refractivity contribution is 0.388. The summed E-state index contributed by atoms with van der Waals surface area (Å²) in [5, 5.41) is 1.06. The zero-order chi connectivity index (χ0) is 11.5. The van der Waals surface area contributed by atoms with Crippen LogP contribution in [0.15, 0.2) is 18.2 Å². The van der Waals surface area contributed by atoms with E-state index in [1.807, 2.05) is 18.2 Å². The molecular weight excluding hydrogens is 243 g/mol. The maximum absolute atomic E-state index is 6.22. The fraction of sp³-hybridized carbons (Fsp3) is 0.538. The first-order valence-corrected chi connectivity index (χ1v) is 6.49. The van der Waals surface area contributed by atoms with E-state index in [-0.39, 0.29) is 0 Å². The molecule has 1 nitrogen and oxygen atoms in total. The second-order valence-corrected chi connectivity index (χ2v) is 5.40. The molecular formula is C13H16Cl2O. The molecule has 0 bridgehead atoms. The van der Waals surface area contributed by atoms with Crippen LogP contribution < -0.4 is 4.74 Å². The van der Waals surface area contributed by atoms with E-state index in [9.17, 15) is 0 Å². The number of ether oxygens (including phenoxy) is 1. The highest BCUT2D eigenvalue weighted by molar-refractivity contribution is 6.30. The third-order valence-corrected chi connectivity index (χ3v) is 3.87. The molecule has 16 heavy (non-hydrogen) atoms. The minimum atomic E-state index is 0.294. The molecule has 1 fully saturated rings. The number of benzene rings is 1. The van der Waals surface area contributed by atoms with Crippen LogP contribution in [0.4, 0.5) is 0 Å². The molecule has 0 N–H and O–H groups in total. The maximum Gasteiger partial charge on any atom is 0.122 e. The van der Waals surface area contributed by atoms with E-state index in [0.29, 0.717) is 11.3 Å². The van der Waals surface area contributed by atoms with Gasteiger partial charge in [-0.1, -0.05) is 18.0 Å². The summed E-state index contributed by atoms with van der Waals surface area (Å²) >= 11 is 12.3. The molecule has 0 saturated heterocycles. The number of rotatable bonds is 2. The van der Waals surface area contributed by atoms with Crippen molar-refractivity contribution in [3.05, 3.63) is 28.8 Å². The average molecular weight is 259 g/mol. The Hall–Kier alpha value is -0.400. The molecule has 1 aliphatic rings. The highest BCUT2D eigenvalue weighted by Crippen LogP contribution is 2.40. The molecule has 3 heteroatoms. The van der Waals surface area contributed by atoms with E-state index in [1.165, 1.54) is 18.4 Å². The number of hydrogen-bond donors (Lipinski definition) is 0. The van der Waals surface area contributed by atoms with Crippen molar-refractivity contribution in [1.82, 2.24) is 0 Å². The van der Waals surface area contributed by atoms with Crippen LogP contribution in [-0.4, -0.2) is 12.5 Å². The molecule has 0 amide bonds. The van der Waals surface area contributed by atoms with Crippen LogP contribution in [0.3, 0.4) is 0 Å². The first kappa shape index (κ1) is 12.1. The Morgan fingerprint density at radius 1 is 1.31 bits per heavy atom. The summed E-state index contributed by atoms with van der Waals surface area (Å²) in [6, 6.07) is 5.82. The van der Waals surface area contributed by atoms with E-state index in [1.54, 1.807) is 7.11 Å². The summed E-state index contributed by atoms with van der Waals surface area (Å²) in [5.74, 6) is 1.42. The van der Waals surface area contributed by atoms with Gasteiger partial charge in [-0.15, -0.1) is 11.6 Å². The van der Waals surface area contributed by atoms with Crippen molar-refractivity contribution >= 4 is 23.2 Å². The average Bonchev–Trinajstić information content (AvgIpc) is 2.29. The van der Waals surface area contributed by atoms with E-state index in [0.717, 1.165) is 23.6 Å². The first-order valence-electron chi connectivity index (χ1n) is 5.68. The molecule has 0 aromatic heterocycles. The van der Waals surface area contributed by atoms with Crippen LogP contribution >= 0.6 is 23.2 Å². The third kappa shape index (κ3) is 2.64. The summed E-state index contributed by atoms with van der Waals surface area (Å²) in [6.45, 7) is 0. The Morgan fingerprint density at radius 3 is 2.81 bits per heavy atom. The smallest absolute Gasteiger partial charge is 0.122 e.